The van der Waals surface area contributed by atoms with Gasteiger partial charge in [0.05, 0.1) is 37.3 Å². The topological polar surface area (TPSA) is 111 Å². The Hall–Kier alpha value is -2.68. The van der Waals surface area contributed by atoms with Gasteiger partial charge >= 0.3 is 5.97 Å². The van der Waals surface area contributed by atoms with Crippen LogP contribution in [0.25, 0.3) is 0 Å². The fraction of sp³-hybridized carbons (Fsp3) is 0.375. The van der Waals surface area contributed by atoms with Crippen molar-refractivity contribution in [1.29, 1.82) is 0 Å². The van der Waals surface area contributed by atoms with Gasteiger partial charge in [-0.2, -0.15) is 0 Å². The van der Waals surface area contributed by atoms with Gasteiger partial charge in [-0.3, -0.25) is 14.9 Å². The quantitative estimate of drug-likeness (QED) is 0.252. The Morgan fingerprint density at radius 2 is 1.80 bits per heavy atom. The van der Waals surface area contributed by atoms with Crippen LogP contribution in [0.5, 0.6) is 0 Å². The van der Waals surface area contributed by atoms with Gasteiger partial charge < -0.3 is 10.2 Å². The lowest BCUT2D eigenvalue weighted by Gasteiger charge is -2.39. The lowest BCUT2D eigenvalue weighted by atomic mass is 9.64. The number of fused-ring (bicyclic) bond motifs is 2. The third-order valence-corrected chi connectivity index (χ3v) is 9.12. The highest BCUT2D eigenvalue weighted by Gasteiger charge is 2.71. The van der Waals surface area contributed by atoms with Gasteiger partial charge in [-0.15, -0.1) is 0 Å². The van der Waals surface area contributed by atoms with Crippen molar-refractivity contribution in [1.82, 2.24) is 0 Å². The highest BCUT2D eigenvalue weighted by atomic mass is 35.5. The van der Waals surface area contributed by atoms with Crippen LogP contribution < -0.4 is 5.32 Å². The molecule has 0 aliphatic heterocycles. The molecule has 2 aromatic rings. The molecule has 2 saturated carbocycles. The average Bonchev–Trinajstić information content (AvgIpc) is 3.11. The Bertz CT molecular complexity index is 1300. The van der Waals surface area contributed by atoms with E-state index in [1.807, 2.05) is 20.8 Å². The molecule has 2 bridgehead atoms. The third-order valence-electron chi connectivity index (χ3n) is 7.99. The van der Waals surface area contributed by atoms with Crippen molar-refractivity contribution in [3.8, 4) is 0 Å². The molecule has 184 valence electrons. The van der Waals surface area contributed by atoms with E-state index in [2.05, 4.69) is 10.5 Å². The lowest BCUT2D eigenvalue weighted by Crippen LogP contribution is -2.43. The number of nitrogens with zero attached hydrogens (tertiary/aromatic N) is 2. The third kappa shape index (κ3) is 3.88. The Kier molecular flexibility index (Phi) is 6.36. The summed E-state index contributed by atoms with van der Waals surface area (Å²) in [5, 5.41) is 18.7. The molecule has 2 aromatic carbocycles. The molecule has 2 atom stereocenters. The second-order valence-electron chi connectivity index (χ2n) is 9.61. The van der Waals surface area contributed by atoms with Gasteiger partial charge in [0.2, 0.25) is 5.91 Å². The van der Waals surface area contributed by atoms with Crippen molar-refractivity contribution in [3.63, 3.8) is 0 Å². The first-order valence-electron chi connectivity index (χ1n) is 10.8. The first-order valence-corrected chi connectivity index (χ1v) is 12.0. The molecule has 35 heavy (non-hydrogen) atoms. The molecule has 8 nitrogen and oxygen atoms in total. The first kappa shape index (κ1) is 25.4. The number of benzene rings is 2. The number of amides is 1. The van der Waals surface area contributed by atoms with Gasteiger partial charge in [-0.05, 0) is 42.5 Å². The smallest absolute Gasteiger partial charge is 0.324 e. The number of rotatable bonds is 5. The van der Waals surface area contributed by atoms with Gasteiger partial charge in [0, 0.05) is 17.9 Å². The van der Waals surface area contributed by atoms with E-state index in [4.69, 9.17) is 39.6 Å². The minimum atomic E-state index is -0.856. The maximum absolute atomic E-state index is 13.6. The SMILES string of the molecule is CC12CCC(C(=O)Nc3cccc(Cl)c3Cl)(CC1=NOC(=O)c1ccc(Cl)c([N+](=O)[O-])c1)C2(C)C. The van der Waals surface area contributed by atoms with Crippen molar-refractivity contribution < 1.29 is 19.3 Å². The van der Waals surface area contributed by atoms with Crippen LogP contribution in [0.1, 0.15) is 50.4 Å². The summed E-state index contributed by atoms with van der Waals surface area (Å²) >= 11 is 18.2. The number of anilines is 1. The fourth-order valence-corrected chi connectivity index (χ4v) is 5.83. The Balaban J connectivity index is 1.60. The number of halogens is 3. The van der Waals surface area contributed by atoms with Crippen LogP contribution in [0.4, 0.5) is 11.4 Å². The maximum atomic E-state index is 13.6. The highest BCUT2D eigenvalue weighted by molar-refractivity contribution is 6.44. The summed E-state index contributed by atoms with van der Waals surface area (Å²) in [6, 6.07) is 8.65. The second kappa shape index (κ2) is 8.76. The van der Waals surface area contributed by atoms with Crippen LogP contribution in [0.2, 0.25) is 15.1 Å². The summed E-state index contributed by atoms with van der Waals surface area (Å²) in [4.78, 5) is 41.8. The van der Waals surface area contributed by atoms with Crippen LogP contribution in [-0.4, -0.2) is 22.5 Å². The van der Waals surface area contributed by atoms with E-state index in [9.17, 15) is 19.7 Å². The predicted molar refractivity (Wildman–Crippen MR) is 134 cm³/mol. The van der Waals surface area contributed by atoms with Crippen molar-refractivity contribution in [3.05, 3.63) is 67.1 Å². The summed E-state index contributed by atoms with van der Waals surface area (Å²) in [6.07, 6.45) is 1.57. The molecular formula is C24H22Cl3N3O5. The molecule has 1 amide bonds. The van der Waals surface area contributed by atoms with Crippen molar-refractivity contribution in [2.75, 3.05) is 5.32 Å². The molecule has 0 radical (unpaired) electrons. The summed E-state index contributed by atoms with van der Waals surface area (Å²) in [5.74, 6) is -1.06. The van der Waals surface area contributed by atoms with Gasteiger partial charge in [0.25, 0.3) is 5.69 Å². The zero-order chi connectivity index (χ0) is 25.8. The van der Waals surface area contributed by atoms with Crippen molar-refractivity contribution >= 4 is 63.8 Å². The number of hydrogen-bond donors (Lipinski definition) is 1. The largest absolute Gasteiger partial charge is 0.365 e. The summed E-state index contributed by atoms with van der Waals surface area (Å²) in [5.41, 5.74) is -1.29. The van der Waals surface area contributed by atoms with Gasteiger partial charge in [0.1, 0.15) is 5.02 Å². The molecular weight excluding hydrogens is 517 g/mol. The van der Waals surface area contributed by atoms with E-state index in [0.717, 1.165) is 6.07 Å². The van der Waals surface area contributed by atoms with Gasteiger partial charge in [0.15, 0.2) is 0 Å². The number of nitrogens with one attached hydrogen (secondary N) is 1. The summed E-state index contributed by atoms with van der Waals surface area (Å²) < 4.78 is 0. The fourth-order valence-electron chi connectivity index (χ4n) is 5.29. The number of hydrogen-bond acceptors (Lipinski definition) is 6. The van der Waals surface area contributed by atoms with E-state index in [0.29, 0.717) is 29.3 Å². The highest BCUT2D eigenvalue weighted by Crippen LogP contribution is 2.71. The van der Waals surface area contributed by atoms with E-state index in [1.165, 1.54) is 12.1 Å². The number of carbonyl (C=O) groups is 2. The Morgan fingerprint density at radius 1 is 1.09 bits per heavy atom. The van der Waals surface area contributed by atoms with Gasteiger partial charge in [-0.25, -0.2) is 4.79 Å². The predicted octanol–water partition coefficient (Wildman–Crippen LogP) is 6.92. The molecule has 0 heterocycles. The summed E-state index contributed by atoms with van der Waals surface area (Å²) in [7, 11) is 0. The maximum Gasteiger partial charge on any atom is 0.365 e. The zero-order valence-corrected chi connectivity index (χ0v) is 21.4. The number of nitro benzene ring substituents is 1. The molecule has 0 saturated heterocycles. The number of oxime groups is 1. The van der Waals surface area contributed by atoms with E-state index in [-0.39, 0.29) is 27.9 Å². The van der Waals surface area contributed by atoms with E-state index in [1.54, 1.807) is 18.2 Å². The molecule has 11 heteroatoms. The first-order chi connectivity index (χ1) is 16.3. The zero-order valence-electron chi connectivity index (χ0n) is 19.2. The molecule has 1 N–H and O–H groups in total. The molecule has 2 aliphatic carbocycles. The molecule has 2 aliphatic rings. The monoisotopic (exact) mass is 537 g/mol. The van der Waals surface area contributed by atoms with Crippen molar-refractivity contribution in [2.24, 2.45) is 21.4 Å². The molecule has 4 rings (SSSR count). The second-order valence-corrected chi connectivity index (χ2v) is 10.8. The van der Waals surface area contributed by atoms with E-state index >= 15 is 0 Å². The average molecular weight is 539 g/mol. The Labute approximate surface area is 216 Å². The van der Waals surface area contributed by atoms with E-state index < -0.39 is 32.8 Å². The number of carbonyl (C=O) groups excluding carboxylic acids is 2. The standard InChI is InChI=1S/C24H22Cl3N3O5/c1-22(2)23(3)9-10-24(22,21(32)28-16-6-4-5-15(26)19(16)27)12-18(23)29-35-20(31)13-7-8-14(25)17(11-13)30(33)34/h4-8,11H,9-10,12H2,1-3H3,(H,28,32). The molecule has 0 spiro atoms. The van der Waals surface area contributed by atoms with Crippen LogP contribution in [0, 0.1) is 26.4 Å². The summed E-state index contributed by atoms with van der Waals surface area (Å²) in [6.45, 7) is 6.01. The van der Waals surface area contributed by atoms with Crippen LogP contribution in [-0.2, 0) is 9.63 Å². The van der Waals surface area contributed by atoms with Crippen molar-refractivity contribution in [2.45, 2.75) is 40.0 Å². The Morgan fingerprint density at radius 3 is 2.49 bits per heavy atom. The van der Waals surface area contributed by atoms with Crippen LogP contribution >= 0.6 is 34.8 Å². The normalized spacial score (nSPS) is 25.5. The van der Waals surface area contributed by atoms with Gasteiger partial charge in [-0.1, -0.05) is 66.8 Å². The molecule has 2 fully saturated rings. The molecule has 0 aromatic heterocycles. The van der Waals surface area contributed by atoms with Crippen LogP contribution in [0.3, 0.4) is 0 Å². The number of nitro groups is 1. The minimum absolute atomic E-state index is 0.0546. The van der Waals surface area contributed by atoms with Crippen LogP contribution in [0.15, 0.2) is 41.6 Å². The minimum Gasteiger partial charge on any atom is -0.324 e. The lowest BCUT2D eigenvalue weighted by molar-refractivity contribution is -0.384. The molecule has 2 unspecified atom stereocenters.